The van der Waals surface area contributed by atoms with Gasteiger partial charge in [-0.05, 0) is 133 Å². The van der Waals surface area contributed by atoms with E-state index < -0.39 is 77.8 Å². The van der Waals surface area contributed by atoms with Crippen molar-refractivity contribution in [3.8, 4) is 0 Å². The highest BCUT2D eigenvalue weighted by atomic mass is 16.7. The lowest BCUT2D eigenvalue weighted by atomic mass is 9.80. The Morgan fingerprint density at radius 2 is 1.65 bits per heavy atom. The van der Waals surface area contributed by atoms with Gasteiger partial charge < -0.3 is 48.7 Å². The average Bonchev–Trinajstić information content (AvgIpc) is 4.10. The minimum atomic E-state index is -2.51. The van der Waals surface area contributed by atoms with Crippen molar-refractivity contribution < 1.29 is 53.1 Å². The van der Waals surface area contributed by atoms with Gasteiger partial charge in [-0.15, -0.1) is 6.58 Å². The zero-order chi connectivity index (χ0) is 49.7. The SMILES string of the molecule is C=CCC1/C=C(\C)CC(C)CC(OC)C2OC(O)(C(=O)C(=O)N3CCCCC3C(=O)OC(C(C)=CC3CCC(Nc4ccc5c(ccn5C5CC5)c4)C(OC)C3)C(C)C(O)CC1=O)C(C)CC2OC. The molecule has 1 amide bonds. The van der Waals surface area contributed by atoms with Gasteiger partial charge in [0.25, 0.3) is 11.7 Å². The van der Waals surface area contributed by atoms with Crippen molar-refractivity contribution in [1.82, 2.24) is 9.47 Å². The van der Waals surface area contributed by atoms with Gasteiger partial charge in [-0.1, -0.05) is 44.6 Å². The number of fused-ring (bicyclic) bond motifs is 4. The van der Waals surface area contributed by atoms with Crippen molar-refractivity contribution in [3.63, 3.8) is 0 Å². The lowest BCUT2D eigenvalue weighted by Crippen LogP contribution is -2.64. The fraction of sp³-hybridized carbons (Fsp3) is 0.673. The molecule has 3 aliphatic heterocycles. The number of aliphatic hydroxyl groups is 2. The number of cyclic esters (lactones) is 1. The number of nitrogens with one attached hydrogen (secondary N) is 1. The van der Waals surface area contributed by atoms with Crippen LogP contribution in [-0.4, -0.2) is 125 Å². The third-order valence-corrected chi connectivity index (χ3v) is 15.9. The number of hydrogen-bond acceptors (Lipinski definition) is 12. The lowest BCUT2D eigenvalue weighted by Gasteiger charge is -2.47. The summed E-state index contributed by atoms with van der Waals surface area (Å²) in [6.45, 7) is 13.4. The Balaban J connectivity index is 1.17. The average molecular weight is 958 g/mol. The number of ketones is 2. The molecule has 380 valence electrons. The van der Waals surface area contributed by atoms with Crippen LogP contribution < -0.4 is 5.32 Å². The van der Waals surface area contributed by atoms with Crippen molar-refractivity contribution in [2.75, 3.05) is 33.2 Å². The number of Topliss-reactive ketones (excluding diaryl/α,β-unsaturated/α-hetero) is 2. The van der Waals surface area contributed by atoms with Crippen LogP contribution in [0.15, 0.2) is 66.4 Å². The first-order valence-corrected chi connectivity index (χ1v) is 25.6. The molecule has 1 aromatic carbocycles. The van der Waals surface area contributed by atoms with Gasteiger partial charge in [0.2, 0.25) is 5.79 Å². The second-order valence-corrected chi connectivity index (χ2v) is 21.2. The van der Waals surface area contributed by atoms with Crippen LogP contribution in [0.5, 0.6) is 0 Å². The van der Waals surface area contributed by atoms with Crippen molar-refractivity contribution in [1.29, 1.82) is 0 Å². The maximum absolute atomic E-state index is 14.6. The molecule has 4 fully saturated rings. The summed E-state index contributed by atoms with van der Waals surface area (Å²) in [5.74, 6) is -7.62. The van der Waals surface area contributed by atoms with Crippen LogP contribution in [-0.2, 0) is 42.9 Å². The Morgan fingerprint density at radius 1 is 0.928 bits per heavy atom. The van der Waals surface area contributed by atoms with E-state index in [1.54, 1.807) is 34.1 Å². The normalized spacial score (nSPS) is 37.0. The molecule has 3 N–H and O–H groups in total. The smallest absolute Gasteiger partial charge is 0.329 e. The molecule has 2 aliphatic carbocycles. The second kappa shape index (κ2) is 22.9. The number of nitrogens with zero attached hydrogens (tertiary/aromatic N) is 2. The first-order chi connectivity index (χ1) is 33.0. The summed E-state index contributed by atoms with van der Waals surface area (Å²) in [5.41, 5.74) is 3.97. The second-order valence-electron chi connectivity index (χ2n) is 21.2. The quantitative estimate of drug-likeness (QED) is 0.119. The number of methoxy groups -OCH3 is 3. The molecule has 14 nitrogen and oxygen atoms in total. The fourth-order valence-electron chi connectivity index (χ4n) is 11.8. The number of aliphatic hydroxyl groups excluding tert-OH is 1. The van der Waals surface area contributed by atoms with Crippen LogP contribution in [0.4, 0.5) is 5.69 Å². The maximum atomic E-state index is 14.6. The minimum absolute atomic E-state index is 0.00917. The number of anilines is 1. The highest BCUT2D eigenvalue weighted by molar-refractivity contribution is 6.39. The lowest BCUT2D eigenvalue weighted by molar-refractivity contribution is -0.302. The third-order valence-electron chi connectivity index (χ3n) is 15.9. The van der Waals surface area contributed by atoms with Crippen LogP contribution in [0, 0.1) is 29.6 Å². The third kappa shape index (κ3) is 12.0. The van der Waals surface area contributed by atoms with Crippen LogP contribution in [0.2, 0.25) is 0 Å². The molecule has 7 rings (SSSR count). The van der Waals surface area contributed by atoms with Gasteiger partial charge in [0.05, 0.1) is 30.5 Å². The summed E-state index contributed by atoms with van der Waals surface area (Å²) in [5, 5.41) is 29.1. The van der Waals surface area contributed by atoms with E-state index in [2.05, 4.69) is 59.9 Å². The molecule has 14 heteroatoms. The van der Waals surface area contributed by atoms with E-state index in [1.165, 1.54) is 35.8 Å². The summed E-state index contributed by atoms with van der Waals surface area (Å²) >= 11 is 0. The summed E-state index contributed by atoms with van der Waals surface area (Å²) in [7, 11) is 4.81. The molecule has 2 saturated carbocycles. The zero-order valence-corrected chi connectivity index (χ0v) is 42.3. The Morgan fingerprint density at radius 3 is 2.35 bits per heavy atom. The van der Waals surface area contributed by atoms with Gasteiger partial charge in [-0.25, -0.2) is 4.79 Å². The molecule has 2 saturated heterocycles. The Hall–Kier alpha value is -4.18. The Kier molecular flexibility index (Phi) is 17.5. The Bertz CT molecular complexity index is 2220. The monoisotopic (exact) mass is 958 g/mol. The number of aromatic nitrogens is 1. The largest absolute Gasteiger partial charge is 0.456 e. The van der Waals surface area contributed by atoms with Crippen molar-refractivity contribution in [2.45, 2.75) is 179 Å². The molecule has 2 aromatic rings. The number of hydrogen-bond donors (Lipinski definition) is 3. The van der Waals surface area contributed by atoms with Crippen LogP contribution >= 0.6 is 0 Å². The summed E-state index contributed by atoms with van der Waals surface area (Å²) < 4.78 is 33.0. The molecule has 1 aromatic heterocycles. The molecule has 14 atom stereocenters. The number of benzene rings is 1. The first-order valence-electron chi connectivity index (χ1n) is 25.6. The molecule has 0 radical (unpaired) electrons. The highest BCUT2D eigenvalue weighted by Gasteiger charge is 2.56. The van der Waals surface area contributed by atoms with E-state index >= 15 is 0 Å². The molecule has 14 unspecified atom stereocenters. The Labute approximate surface area is 409 Å². The fourth-order valence-corrected chi connectivity index (χ4v) is 11.8. The van der Waals surface area contributed by atoms with Crippen molar-refractivity contribution >= 4 is 40.0 Å². The van der Waals surface area contributed by atoms with Crippen LogP contribution in [0.1, 0.15) is 124 Å². The summed E-state index contributed by atoms with van der Waals surface area (Å²) in [4.78, 5) is 58.8. The van der Waals surface area contributed by atoms with Crippen molar-refractivity contribution in [2.24, 2.45) is 29.6 Å². The molecule has 2 bridgehead atoms. The number of carbonyl (C=O) groups is 4. The van der Waals surface area contributed by atoms with Gasteiger partial charge in [0.15, 0.2) is 0 Å². The number of piperidine rings is 1. The number of carbonyl (C=O) groups excluding carboxylic acids is 4. The van der Waals surface area contributed by atoms with E-state index in [9.17, 15) is 29.4 Å². The molecule has 4 heterocycles. The van der Waals surface area contributed by atoms with E-state index in [0.717, 1.165) is 24.1 Å². The van der Waals surface area contributed by atoms with E-state index in [4.69, 9.17) is 23.7 Å². The van der Waals surface area contributed by atoms with Gasteiger partial charge in [-0.3, -0.25) is 14.4 Å². The van der Waals surface area contributed by atoms with Crippen LogP contribution in [0.25, 0.3) is 10.9 Å². The minimum Gasteiger partial charge on any atom is -0.456 e. The van der Waals surface area contributed by atoms with Gasteiger partial charge in [0.1, 0.15) is 24.0 Å². The van der Waals surface area contributed by atoms with Crippen molar-refractivity contribution in [3.05, 3.63) is 66.4 Å². The number of rotatable bonds is 10. The maximum Gasteiger partial charge on any atom is 0.329 e. The van der Waals surface area contributed by atoms with E-state index in [0.29, 0.717) is 50.1 Å². The number of ether oxygens (including phenoxy) is 5. The molecule has 69 heavy (non-hydrogen) atoms. The molecule has 5 aliphatic rings. The molecular weight excluding hydrogens is 879 g/mol. The number of esters is 1. The first kappa shape index (κ1) is 52.6. The number of amides is 1. The highest BCUT2D eigenvalue weighted by Crippen LogP contribution is 2.41. The van der Waals surface area contributed by atoms with Gasteiger partial charge in [0, 0.05) is 80.9 Å². The standard InChI is InChI=1S/C55H79N3O11/c1-10-13-39-25-32(2)24-33(3)26-48(66-8)51-49(67-9)28-35(5)55(64,69-51)52(61)53(62)58-22-12-11-14-44(58)54(63)68-50(36(6)45(59)31-46(39)60)34(4)27-37-15-19-42(47(29-37)65-7)56-40-16-20-43-38(30-40)21-23-57(43)41-17-18-41/h10,16,20-21,23,25,27,30,33,35-37,39,41-42,44-45,47-51,56,59,64H,1,11-15,17-19,22,24,26,28-29,31H2,2-9H3/b32-25+,34-27?. The molecule has 0 spiro atoms. The van der Waals surface area contributed by atoms with Gasteiger partial charge in [-0.2, -0.15) is 0 Å². The molecular formula is C55H79N3O11. The number of allylic oxidation sites excluding steroid dienone is 4. The predicted molar refractivity (Wildman–Crippen MR) is 264 cm³/mol. The van der Waals surface area contributed by atoms with Crippen LogP contribution in [0.3, 0.4) is 0 Å². The van der Waals surface area contributed by atoms with E-state index in [-0.39, 0.29) is 55.6 Å². The summed E-state index contributed by atoms with van der Waals surface area (Å²) in [6, 6.07) is 8.25. The summed E-state index contributed by atoms with van der Waals surface area (Å²) in [6.07, 6.45) is 11.2. The topological polar surface area (TPSA) is 175 Å². The zero-order valence-electron chi connectivity index (χ0n) is 42.3. The van der Waals surface area contributed by atoms with Gasteiger partial charge >= 0.3 is 5.97 Å². The predicted octanol–water partition coefficient (Wildman–Crippen LogP) is 8.05. The van der Waals surface area contributed by atoms with E-state index in [1.807, 2.05) is 19.9 Å².